The Kier molecular flexibility index (Phi) is 5.44. The van der Waals surface area contributed by atoms with Gasteiger partial charge in [0.05, 0.1) is 12.0 Å². The molecule has 142 valence electrons. The molecule has 0 unspecified atom stereocenters. The average molecular weight is 372 g/mol. The molecular formula is C19H20N2O6. The number of nitro benzene ring substituents is 1. The summed E-state index contributed by atoms with van der Waals surface area (Å²) in [7, 11) is 1.35. The summed E-state index contributed by atoms with van der Waals surface area (Å²) in [5.74, 6) is 1.16. The number of hydrogen-bond donors (Lipinski definition) is 0. The highest BCUT2D eigenvalue weighted by Gasteiger charge is 2.22. The molecule has 1 aliphatic rings. The summed E-state index contributed by atoms with van der Waals surface area (Å²) in [6.45, 7) is 3.66. The number of rotatable bonds is 6. The van der Waals surface area contributed by atoms with E-state index in [-0.39, 0.29) is 22.9 Å². The van der Waals surface area contributed by atoms with Crippen molar-refractivity contribution in [3.05, 3.63) is 57.6 Å². The van der Waals surface area contributed by atoms with Gasteiger partial charge in [0, 0.05) is 24.7 Å². The van der Waals surface area contributed by atoms with E-state index in [9.17, 15) is 14.9 Å². The van der Waals surface area contributed by atoms with Crippen molar-refractivity contribution in [3.63, 3.8) is 0 Å². The number of methoxy groups -OCH3 is 1. The van der Waals surface area contributed by atoms with E-state index in [2.05, 4.69) is 0 Å². The molecule has 0 radical (unpaired) electrons. The predicted molar refractivity (Wildman–Crippen MR) is 97.5 cm³/mol. The zero-order chi connectivity index (χ0) is 19.4. The van der Waals surface area contributed by atoms with Crippen molar-refractivity contribution >= 4 is 11.6 Å². The van der Waals surface area contributed by atoms with E-state index in [1.54, 1.807) is 4.90 Å². The Morgan fingerprint density at radius 3 is 2.59 bits per heavy atom. The minimum absolute atomic E-state index is 0.117. The van der Waals surface area contributed by atoms with Crippen molar-refractivity contribution in [2.45, 2.75) is 13.5 Å². The largest absolute Gasteiger partial charge is 0.490 e. The molecule has 8 nitrogen and oxygen atoms in total. The number of carbonyl (C=O) groups excluding carboxylic acids is 1. The number of nitrogens with zero attached hydrogens (tertiary/aromatic N) is 2. The molecule has 3 rings (SSSR count). The van der Waals surface area contributed by atoms with Gasteiger partial charge in [0.25, 0.3) is 5.91 Å². The second-order valence-corrected chi connectivity index (χ2v) is 5.94. The van der Waals surface area contributed by atoms with Crippen LogP contribution in [0.2, 0.25) is 0 Å². The standard InChI is InChI=1S/C19H20N2O6/c1-3-20(12-13-4-6-17-18(10-13)27-9-8-26-17)19(22)14-5-7-16(25-2)15(11-14)21(23)24/h4-7,10-11H,3,8-9,12H2,1-2H3. The van der Waals surface area contributed by atoms with Crippen LogP contribution in [0.3, 0.4) is 0 Å². The number of amides is 1. The molecule has 1 amide bonds. The number of fused-ring (bicyclic) bond motifs is 1. The highest BCUT2D eigenvalue weighted by molar-refractivity contribution is 5.95. The van der Waals surface area contributed by atoms with Gasteiger partial charge in [-0.1, -0.05) is 6.07 Å². The number of benzene rings is 2. The second-order valence-electron chi connectivity index (χ2n) is 5.94. The van der Waals surface area contributed by atoms with Crippen molar-refractivity contribution in [3.8, 4) is 17.2 Å². The molecule has 0 bridgehead atoms. The molecule has 0 saturated carbocycles. The lowest BCUT2D eigenvalue weighted by atomic mass is 10.1. The van der Waals surface area contributed by atoms with Gasteiger partial charge < -0.3 is 19.1 Å². The van der Waals surface area contributed by atoms with Gasteiger partial charge >= 0.3 is 5.69 Å². The van der Waals surface area contributed by atoms with E-state index in [0.717, 1.165) is 5.56 Å². The zero-order valence-corrected chi connectivity index (χ0v) is 15.1. The predicted octanol–water partition coefficient (Wildman–Crippen LogP) is 3.04. The highest BCUT2D eigenvalue weighted by atomic mass is 16.6. The van der Waals surface area contributed by atoms with Crippen LogP contribution in [-0.2, 0) is 6.54 Å². The molecule has 1 heterocycles. The fourth-order valence-corrected chi connectivity index (χ4v) is 2.88. The minimum atomic E-state index is -0.563. The molecule has 0 spiro atoms. The van der Waals surface area contributed by atoms with Crippen molar-refractivity contribution in [2.75, 3.05) is 26.9 Å². The van der Waals surface area contributed by atoms with Crippen LogP contribution in [-0.4, -0.2) is 42.6 Å². The summed E-state index contributed by atoms with van der Waals surface area (Å²) in [6.07, 6.45) is 0. The summed E-state index contributed by atoms with van der Waals surface area (Å²) in [4.78, 5) is 25.1. The molecule has 0 fully saturated rings. The Morgan fingerprint density at radius 1 is 1.19 bits per heavy atom. The first-order valence-corrected chi connectivity index (χ1v) is 8.53. The fourth-order valence-electron chi connectivity index (χ4n) is 2.88. The summed E-state index contributed by atoms with van der Waals surface area (Å²) in [5, 5.41) is 11.2. The van der Waals surface area contributed by atoms with Crippen LogP contribution in [0.25, 0.3) is 0 Å². The Labute approximate surface area is 156 Å². The van der Waals surface area contributed by atoms with E-state index in [1.807, 2.05) is 25.1 Å². The molecular weight excluding hydrogens is 352 g/mol. The minimum Gasteiger partial charge on any atom is -0.490 e. The summed E-state index contributed by atoms with van der Waals surface area (Å²) < 4.78 is 16.1. The van der Waals surface area contributed by atoms with Crippen molar-refractivity contribution in [1.29, 1.82) is 0 Å². The molecule has 8 heteroatoms. The molecule has 1 aliphatic heterocycles. The van der Waals surface area contributed by atoms with Crippen LogP contribution in [0.15, 0.2) is 36.4 Å². The lowest BCUT2D eigenvalue weighted by Crippen LogP contribution is -2.30. The van der Waals surface area contributed by atoms with Gasteiger partial charge in [-0.3, -0.25) is 14.9 Å². The van der Waals surface area contributed by atoms with Crippen molar-refractivity contribution in [2.24, 2.45) is 0 Å². The van der Waals surface area contributed by atoms with Crippen LogP contribution in [0, 0.1) is 10.1 Å². The van der Waals surface area contributed by atoms with E-state index in [0.29, 0.717) is 37.8 Å². The Bertz CT molecular complexity index is 867. The third-order valence-electron chi connectivity index (χ3n) is 4.27. The normalized spacial score (nSPS) is 12.4. The Hall–Kier alpha value is -3.29. The maximum atomic E-state index is 12.9. The number of hydrogen-bond acceptors (Lipinski definition) is 6. The van der Waals surface area contributed by atoms with Crippen LogP contribution in [0.4, 0.5) is 5.69 Å². The van der Waals surface area contributed by atoms with Gasteiger partial charge in [-0.2, -0.15) is 0 Å². The first kappa shape index (κ1) is 18.5. The first-order chi connectivity index (χ1) is 13.0. The number of nitro groups is 1. The van der Waals surface area contributed by atoms with E-state index >= 15 is 0 Å². The van der Waals surface area contributed by atoms with Gasteiger partial charge in [0.1, 0.15) is 13.2 Å². The third-order valence-corrected chi connectivity index (χ3v) is 4.27. The van der Waals surface area contributed by atoms with E-state index in [4.69, 9.17) is 14.2 Å². The van der Waals surface area contributed by atoms with Crippen molar-refractivity contribution < 1.29 is 23.9 Å². The fraction of sp³-hybridized carbons (Fsp3) is 0.316. The number of ether oxygens (including phenoxy) is 3. The SMILES string of the molecule is CCN(Cc1ccc2c(c1)OCCO2)C(=O)c1ccc(OC)c([N+](=O)[O-])c1. The Balaban J connectivity index is 1.82. The molecule has 0 atom stereocenters. The van der Waals surface area contributed by atoms with Gasteiger partial charge in [-0.25, -0.2) is 0 Å². The van der Waals surface area contributed by atoms with Crippen LogP contribution in [0.5, 0.6) is 17.2 Å². The monoisotopic (exact) mass is 372 g/mol. The van der Waals surface area contributed by atoms with Crippen LogP contribution >= 0.6 is 0 Å². The molecule has 27 heavy (non-hydrogen) atoms. The zero-order valence-electron chi connectivity index (χ0n) is 15.1. The maximum absolute atomic E-state index is 12.9. The number of carbonyl (C=O) groups is 1. The first-order valence-electron chi connectivity index (χ1n) is 8.53. The van der Waals surface area contributed by atoms with Gasteiger partial charge in [0.15, 0.2) is 17.2 Å². The van der Waals surface area contributed by atoms with E-state index in [1.165, 1.54) is 25.3 Å². The molecule has 2 aromatic carbocycles. The van der Waals surface area contributed by atoms with E-state index < -0.39 is 4.92 Å². The Morgan fingerprint density at radius 2 is 1.93 bits per heavy atom. The molecule has 0 saturated heterocycles. The van der Waals surface area contributed by atoms with Crippen molar-refractivity contribution in [1.82, 2.24) is 4.90 Å². The quantitative estimate of drug-likeness (QED) is 0.572. The highest BCUT2D eigenvalue weighted by Crippen LogP contribution is 2.32. The van der Waals surface area contributed by atoms with Gasteiger partial charge in [-0.15, -0.1) is 0 Å². The lowest BCUT2D eigenvalue weighted by Gasteiger charge is -2.23. The van der Waals surface area contributed by atoms with Gasteiger partial charge in [0.2, 0.25) is 0 Å². The van der Waals surface area contributed by atoms with Crippen LogP contribution in [0.1, 0.15) is 22.8 Å². The average Bonchev–Trinajstić information content (AvgIpc) is 2.70. The van der Waals surface area contributed by atoms with Crippen LogP contribution < -0.4 is 14.2 Å². The molecule has 0 aliphatic carbocycles. The lowest BCUT2D eigenvalue weighted by molar-refractivity contribution is -0.385. The summed E-state index contributed by atoms with van der Waals surface area (Å²) >= 11 is 0. The summed E-state index contributed by atoms with van der Waals surface area (Å²) in [5.41, 5.74) is 0.887. The molecule has 0 aromatic heterocycles. The third kappa shape index (κ3) is 3.94. The smallest absolute Gasteiger partial charge is 0.311 e. The molecule has 2 aromatic rings. The molecule has 0 N–H and O–H groups in total. The summed E-state index contributed by atoms with van der Waals surface area (Å²) in [6, 6.07) is 9.75. The second kappa shape index (κ2) is 7.94. The topological polar surface area (TPSA) is 91.1 Å². The maximum Gasteiger partial charge on any atom is 0.311 e. The van der Waals surface area contributed by atoms with Gasteiger partial charge in [-0.05, 0) is 36.8 Å².